The zero-order valence-electron chi connectivity index (χ0n) is 4.22. The first-order valence-corrected chi connectivity index (χ1v) is 1.94. The van der Waals surface area contributed by atoms with Gasteiger partial charge < -0.3 is 9.78 Å². The second kappa shape index (κ2) is 3.99. The topological polar surface area (TPSA) is 32.9 Å². The minimum Gasteiger partial charge on any atom is -0.475 e. The molecule has 0 spiro atoms. The molecule has 39 valence electrons. The van der Waals surface area contributed by atoms with E-state index >= 15 is 0 Å². The molecular weight excluding hydrogens is 179 g/mol. The molecule has 0 atom stereocenters. The van der Waals surface area contributed by atoms with Crippen LogP contribution in [0, 0.1) is 6.20 Å². The molecule has 1 aromatic heterocycles. The van der Waals surface area contributed by atoms with Crippen LogP contribution < -0.4 is 0 Å². The molecule has 0 amide bonds. The van der Waals surface area contributed by atoms with Gasteiger partial charge in [0.05, 0.1) is 6.29 Å². The molecule has 1 rings (SSSR count). The van der Waals surface area contributed by atoms with Crippen LogP contribution in [0.15, 0.2) is 12.1 Å². The third kappa shape index (κ3) is 1.89. The Labute approximate surface area is 72.6 Å². The molecule has 0 bridgehead atoms. The number of nitrogens with one attached hydrogen (secondary N) is 1. The largest absolute Gasteiger partial charge is 0.475 e. The number of aromatic nitrogens is 1. The summed E-state index contributed by atoms with van der Waals surface area (Å²) in [5, 5.41) is 0. The number of hydrogen-bond acceptors (Lipinski definition) is 1. The minimum atomic E-state index is 0. The molecule has 2 nitrogen and oxygen atoms in total. The average molecular weight is 183 g/mol. The summed E-state index contributed by atoms with van der Waals surface area (Å²) in [4.78, 5) is 12.4. The van der Waals surface area contributed by atoms with Crippen LogP contribution in [0.25, 0.3) is 0 Å². The maximum Gasteiger partial charge on any atom is 0.0994 e. The predicted molar refractivity (Wildman–Crippen MR) is 25.0 cm³/mol. The molecule has 0 aromatic carbocycles. The van der Waals surface area contributed by atoms with E-state index in [4.69, 9.17) is 0 Å². The van der Waals surface area contributed by atoms with Crippen molar-refractivity contribution in [1.82, 2.24) is 4.98 Å². The first-order valence-electron chi connectivity index (χ1n) is 1.94. The molecule has 0 aliphatic rings. The normalized spacial score (nSPS) is 7.50. The van der Waals surface area contributed by atoms with E-state index in [2.05, 4.69) is 11.2 Å². The zero-order valence-corrected chi connectivity index (χ0v) is 7.06. The molecule has 0 aliphatic heterocycles. The molecule has 0 unspecified atom stereocenters. The maximum atomic E-state index is 9.82. The van der Waals surface area contributed by atoms with Crippen LogP contribution in [-0.2, 0) is 32.7 Å². The SMILES string of the molecule is O=Cc1cc[c-][nH]1.[Y]. The third-order valence-corrected chi connectivity index (χ3v) is 0.690. The number of rotatable bonds is 1. The molecular formula is C5H4NOY-. The summed E-state index contributed by atoms with van der Waals surface area (Å²) in [7, 11) is 0. The second-order valence-corrected chi connectivity index (χ2v) is 1.18. The van der Waals surface area contributed by atoms with Crippen LogP contribution in [0.1, 0.15) is 10.5 Å². The van der Waals surface area contributed by atoms with Crippen LogP contribution in [0.2, 0.25) is 0 Å². The van der Waals surface area contributed by atoms with Crippen molar-refractivity contribution in [2.24, 2.45) is 0 Å². The van der Waals surface area contributed by atoms with Crippen LogP contribution in [-0.4, -0.2) is 11.3 Å². The molecule has 0 fully saturated rings. The van der Waals surface area contributed by atoms with Crippen molar-refractivity contribution in [1.29, 1.82) is 0 Å². The number of aldehydes is 1. The van der Waals surface area contributed by atoms with Crippen molar-refractivity contribution in [2.45, 2.75) is 0 Å². The summed E-state index contributed by atoms with van der Waals surface area (Å²) in [6.07, 6.45) is 3.37. The summed E-state index contributed by atoms with van der Waals surface area (Å²) in [6.45, 7) is 0. The van der Waals surface area contributed by atoms with E-state index in [0.717, 1.165) is 6.29 Å². The smallest absolute Gasteiger partial charge is 0.0994 e. The predicted octanol–water partition coefficient (Wildman–Crippen LogP) is 0.625. The van der Waals surface area contributed by atoms with E-state index in [-0.39, 0.29) is 32.7 Å². The Morgan fingerprint density at radius 3 is 2.75 bits per heavy atom. The third-order valence-electron chi connectivity index (χ3n) is 0.690. The molecule has 8 heavy (non-hydrogen) atoms. The van der Waals surface area contributed by atoms with Gasteiger partial charge >= 0.3 is 0 Å². The van der Waals surface area contributed by atoms with Crippen molar-refractivity contribution in [2.75, 3.05) is 0 Å². The van der Waals surface area contributed by atoms with Gasteiger partial charge in [-0.3, -0.25) is 0 Å². The Morgan fingerprint density at radius 2 is 2.50 bits per heavy atom. The quantitative estimate of drug-likeness (QED) is 0.502. The van der Waals surface area contributed by atoms with Crippen molar-refractivity contribution >= 4 is 6.29 Å². The average Bonchev–Trinajstić information content (AvgIpc) is 2.14. The van der Waals surface area contributed by atoms with E-state index in [1.165, 1.54) is 0 Å². The molecule has 0 aliphatic carbocycles. The van der Waals surface area contributed by atoms with Crippen molar-refractivity contribution in [3.8, 4) is 0 Å². The zero-order chi connectivity index (χ0) is 5.11. The van der Waals surface area contributed by atoms with Crippen molar-refractivity contribution in [3.63, 3.8) is 0 Å². The molecule has 3 heteroatoms. The van der Waals surface area contributed by atoms with Crippen molar-refractivity contribution in [3.05, 3.63) is 24.0 Å². The molecule has 1 heterocycles. The molecule has 1 radical (unpaired) electrons. The first-order chi connectivity index (χ1) is 3.43. The minimum absolute atomic E-state index is 0. The van der Waals surface area contributed by atoms with E-state index in [1.54, 1.807) is 12.1 Å². The van der Waals surface area contributed by atoms with E-state index in [1.807, 2.05) is 0 Å². The summed E-state index contributed by atoms with van der Waals surface area (Å²) in [5.41, 5.74) is 0.569. The van der Waals surface area contributed by atoms with E-state index in [0.29, 0.717) is 5.69 Å². The van der Waals surface area contributed by atoms with Gasteiger partial charge in [-0.05, 0) is 0 Å². The van der Waals surface area contributed by atoms with Gasteiger partial charge in [0.25, 0.3) is 0 Å². The fourth-order valence-corrected chi connectivity index (χ4v) is 0.367. The molecule has 0 saturated carbocycles. The van der Waals surface area contributed by atoms with Crippen LogP contribution >= 0.6 is 0 Å². The van der Waals surface area contributed by atoms with E-state index < -0.39 is 0 Å². The summed E-state index contributed by atoms with van der Waals surface area (Å²) in [6, 6.07) is 3.32. The van der Waals surface area contributed by atoms with Gasteiger partial charge in [0.15, 0.2) is 0 Å². The van der Waals surface area contributed by atoms with E-state index in [9.17, 15) is 4.79 Å². The number of carbonyl (C=O) groups excluding carboxylic acids is 1. The summed E-state index contributed by atoms with van der Waals surface area (Å²) < 4.78 is 0. The van der Waals surface area contributed by atoms with Crippen LogP contribution in [0.4, 0.5) is 0 Å². The van der Waals surface area contributed by atoms with Gasteiger partial charge in [0, 0.05) is 32.7 Å². The van der Waals surface area contributed by atoms with Crippen molar-refractivity contribution < 1.29 is 37.5 Å². The molecule has 0 saturated heterocycles. The Kier molecular flexibility index (Phi) is 4.01. The standard InChI is InChI=1S/C5H4NO.Y/c7-4-5-2-1-3-6-5;/h1-2,4,6H;/q-1;. The Balaban J connectivity index is 0.000000490. The molecule has 1 aromatic rings. The fourth-order valence-electron chi connectivity index (χ4n) is 0.367. The van der Waals surface area contributed by atoms with Gasteiger partial charge in [0.1, 0.15) is 0 Å². The van der Waals surface area contributed by atoms with Gasteiger partial charge in [-0.2, -0.15) is 12.1 Å². The number of hydrogen-bond donors (Lipinski definition) is 1. The van der Waals surface area contributed by atoms with Gasteiger partial charge in [-0.15, -0.1) is 6.20 Å². The number of H-pyrrole nitrogens is 1. The Morgan fingerprint density at radius 1 is 1.75 bits per heavy atom. The summed E-state index contributed by atoms with van der Waals surface area (Å²) >= 11 is 0. The fraction of sp³-hybridized carbons (Fsp3) is 0. The Bertz CT molecular complexity index is 147. The van der Waals surface area contributed by atoms with Crippen LogP contribution in [0.3, 0.4) is 0 Å². The second-order valence-electron chi connectivity index (χ2n) is 1.18. The van der Waals surface area contributed by atoms with Gasteiger partial charge in [-0.1, -0.05) is 5.69 Å². The van der Waals surface area contributed by atoms with Gasteiger partial charge in [-0.25, -0.2) is 0 Å². The van der Waals surface area contributed by atoms with Gasteiger partial charge in [0.2, 0.25) is 0 Å². The maximum absolute atomic E-state index is 9.82. The molecule has 1 N–H and O–H groups in total. The first kappa shape index (κ1) is 8.05. The monoisotopic (exact) mass is 183 g/mol. The van der Waals surface area contributed by atoms with Crippen LogP contribution in [0.5, 0.6) is 0 Å². The number of carbonyl (C=O) groups is 1. The number of aromatic amines is 1. The summed E-state index contributed by atoms with van der Waals surface area (Å²) in [5.74, 6) is 0. The Hall–Kier alpha value is 0.0539.